The van der Waals surface area contributed by atoms with E-state index in [1.807, 2.05) is 0 Å². The Balaban J connectivity index is 1.72. The quantitative estimate of drug-likeness (QED) is 0.259. The van der Waals surface area contributed by atoms with Crippen molar-refractivity contribution < 1.29 is 33.9 Å². The highest BCUT2D eigenvalue weighted by Crippen LogP contribution is 2.35. The second kappa shape index (κ2) is 7.80. The molecule has 3 rings (SSSR count). The molecule has 148 valence electrons. The molecular weight excluding hydrogens is 387 g/mol. The lowest BCUT2D eigenvalue weighted by atomic mass is 10.0. The Labute approximate surface area is 162 Å². The van der Waals surface area contributed by atoms with Crippen LogP contribution in [-0.2, 0) is 9.53 Å². The van der Waals surface area contributed by atoms with Gasteiger partial charge in [0.1, 0.15) is 22.9 Å². The lowest BCUT2D eigenvalue weighted by molar-refractivity contribution is -0.384. The third-order valence-corrected chi connectivity index (χ3v) is 3.98. The number of anilines is 1. The van der Waals surface area contributed by atoms with Crippen molar-refractivity contribution >= 4 is 34.0 Å². The number of non-ortho nitro benzene ring substituents is 1. The number of rotatable bonds is 5. The fourth-order valence-corrected chi connectivity index (χ4v) is 2.61. The maximum atomic E-state index is 13.7. The molecule has 0 saturated carbocycles. The minimum Gasteiger partial charge on any atom is -0.507 e. The minimum absolute atomic E-state index is 0.211. The molecule has 0 aliphatic heterocycles. The molecule has 0 aliphatic rings. The summed E-state index contributed by atoms with van der Waals surface area (Å²) in [5.74, 6) is -3.67. The van der Waals surface area contributed by atoms with Gasteiger partial charge in [-0.05, 0) is 12.1 Å². The van der Waals surface area contributed by atoms with Gasteiger partial charge in [0.25, 0.3) is 11.6 Å². The molecule has 0 aromatic heterocycles. The molecule has 3 aromatic rings. The Morgan fingerprint density at radius 1 is 1.10 bits per heavy atom. The first kappa shape index (κ1) is 19.5. The number of fused-ring (bicyclic) bond motifs is 1. The van der Waals surface area contributed by atoms with E-state index in [4.69, 9.17) is 4.74 Å². The summed E-state index contributed by atoms with van der Waals surface area (Å²) in [5, 5.41) is 33.6. The largest absolute Gasteiger partial charge is 0.507 e. The Morgan fingerprint density at radius 2 is 1.79 bits per heavy atom. The van der Waals surface area contributed by atoms with Crippen molar-refractivity contribution in [2.75, 3.05) is 11.9 Å². The van der Waals surface area contributed by atoms with Crippen molar-refractivity contribution in [2.24, 2.45) is 0 Å². The standard InChI is InChI=1S/C19H13FN2O7/c20-14-6-5-10(22(27)28)7-15(14)21-17(24)9-29-19(26)13-8-16(23)11-3-1-2-4-12(11)18(13)25/h1-8,23,25H,9H2,(H,21,24). The van der Waals surface area contributed by atoms with Crippen LogP contribution in [0.4, 0.5) is 15.8 Å². The van der Waals surface area contributed by atoms with E-state index in [1.54, 1.807) is 18.2 Å². The van der Waals surface area contributed by atoms with Crippen molar-refractivity contribution in [2.45, 2.75) is 0 Å². The van der Waals surface area contributed by atoms with Gasteiger partial charge < -0.3 is 20.3 Å². The van der Waals surface area contributed by atoms with E-state index in [1.165, 1.54) is 6.07 Å². The van der Waals surface area contributed by atoms with Crippen molar-refractivity contribution in [3.8, 4) is 11.5 Å². The summed E-state index contributed by atoms with van der Waals surface area (Å²) in [7, 11) is 0. The second-order valence-electron chi connectivity index (χ2n) is 5.88. The zero-order valence-corrected chi connectivity index (χ0v) is 14.6. The maximum absolute atomic E-state index is 13.7. The molecular formula is C19H13FN2O7. The fourth-order valence-electron chi connectivity index (χ4n) is 2.61. The van der Waals surface area contributed by atoms with E-state index < -0.39 is 46.3 Å². The first-order valence-electron chi connectivity index (χ1n) is 8.12. The number of nitrogens with one attached hydrogen (secondary N) is 1. The van der Waals surface area contributed by atoms with Gasteiger partial charge >= 0.3 is 5.97 Å². The van der Waals surface area contributed by atoms with Crippen LogP contribution < -0.4 is 5.32 Å². The van der Waals surface area contributed by atoms with Crippen molar-refractivity contribution in [3.63, 3.8) is 0 Å². The summed E-state index contributed by atoms with van der Waals surface area (Å²) in [6.07, 6.45) is 0. The highest BCUT2D eigenvalue weighted by molar-refractivity contribution is 6.04. The van der Waals surface area contributed by atoms with E-state index in [-0.39, 0.29) is 16.7 Å². The number of nitro groups is 1. The van der Waals surface area contributed by atoms with Gasteiger partial charge in [-0.2, -0.15) is 0 Å². The van der Waals surface area contributed by atoms with Crippen LogP contribution in [0.25, 0.3) is 10.8 Å². The monoisotopic (exact) mass is 400 g/mol. The van der Waals surface area contributed by atoms with Crippen LogP contribution in [-0.4, -0.2) is 33.6 Å². The number of hydrogen-bond acceptors (Lipinski definition) is 7. The third-order valence-electron chi connectivity index (χ3n) is 3.98. The molecule has 0 bridgehead atoms. The second-order valence-corrected chi connectivity index (χ2v) is 5.88. The maximum Gasteiger partial charge on any atom is 0.342 e. The molecule has 3 N–H and O–H groups in total. The normalized spacial score (nSPS) is 10.5. The SMILES string of the molecule is O=C(COC(=O)c1cc(O)c2ccccc2c1O)Nc1cc([N+](=O)[O-])ccc1F. The van der Waals surface area contributed by atoms with Crippen molar-refractivity contribution in [3.05, 3.63) is 70.0 Å². The first-order valence-corrected chi connectivity index (χ1v) is 8.12. The van der Waals surface area contributed by atoms with E-state index >= 15 is 0 Å². The lowest BCUT2D eigenvalue weighted by Gasteiger charge is -2.10. The number of hydrogen-bond donors (Lipinski definition) is 3. The summed E-state index contributed by atoms with van der Waals surface area (Å²) in [5.41, 5.74) is -1.25. The van der Waals surface area contributed by atoms with Crippen LogP contribution in [0.1, 0.15) is 10.4 Å². The van der Waals surface area contributed by atoms with E-state index in [0.717, 1.165) is 24.3 Å². The average molecular weight is 400 g/mol. The molecule has 0 heterocycles. The number of aromatic hydroxyl groups is 2. The molecule has 29 heavy (non-hydrogen) atoms. The summed E-state index contributed by atoms with van der Waals surface area (Å²) in [4.78, 5) is 34.1. The number of nitrogens with zero attached hydrogens (tertiary/aromatic N) is 1. The summed E-state index contributed by atoms with van der Waals surface area (Å²) < 4.78 is 18.5. The number of ether oxygens (including phenoxy) is 1. The van der Waals surface area contributed by atoms with Crippen LogP contribution in [0.2, 0.25) is 0 Å². The van der Waals surface area contributed by atoms with Crippen LogP contribution in [0.15, 0.2) is 48.5 Å². The number of amides is 1. The topological polar surface area (TPSA) is 139 Å². The fraction of sp³-hybridized carbons (Fsp3) is 0.0526. The smallest absolute Gasteiger partial charge is 0.342 e. The van der Waals surface area contributed by atoms with Crippen LogP contribution in [0.3, 0.4) is 0 Å². The number of esters is 1. The van der Waals surface area contributed by atoms with Crippen LogP contribution in [0.5, 0.6) is 11.5 Å². The van der Waals surface area contributed by atoms with Crippen LogP contribution in [0, 0.1) is 15.9 Å². The molecule has 10 heteroatoms. The first-order chi connectivity index (χ1) is 13.8. The lowest BCUT2D eigenvalue weighted by Crippen LogP contribution is -2.21. The summed E-state index contributed by atoms with van der Waals surface area (Å²) in [6.45, 7) is -0.853. The zero-order valence-electron chi connectivity index (χ0n) is 14.6. The third kappa shape index (κ3) is 4.05. The number of carbonyl (C=O) groups excluding carboxylic acids is 2. The van der Waals surface area contributed by atoms with Crippen LogP contribution >= 0.6 is 0 Å². The van der Waals surface area contributed by atoms with E-state index in [9.17, 15) is 34.3 Å². The Morgan fingerprint density at radius 3 is 2.48 bits per heavy atom. The van der Waals surface area contributed by atoms with E-state index in [2.05, 4.69) is 5.32 Å². The molecule has 0 unspecified atom stereocenters. The highest BCUT2D eigenvalue weighted by Gasteiger charge is 2.20. The molecule has 9 nitrogen and oxygen atoms in total. The number of phenolic OH excluding ortho intramolecular Hbond substituents is 2. The molecule has 0 aliphatic carbocycles. The Kier molecular flexibility index (Phi) is 5.26. The molecule has 0 fully saturated rings. The molecule has 0 saturated heterocycles. The van der Waals surface area contributed by atoms with Gasteiger partial charge in [0.05, 0.1) is 10.6 Å². The predicted octanol–water partition coefficient (Wildman–Crippen LogP) is 3.09. The number of carbonyl (C=O) groups is 2. The van der Waals surface area contributed by atoms with Gasteiger partial charge in [0, 0.05) is 22.9 Å². The van der Waals surface area contributed by atoms with Gasteiger partial charge in [-0.25, -0.2) is 9.18 Å². The molecule has 3 aromatic carbocycles. The molecule has 0 radical (unpaired) electrons. The van der Waals surface area contributed by atoms with Gasteiger partial charge in [0.2, 0.25) is 0 Å². The average Bonchev–Trinajstić information content (AvgIpc) is 2.70. The predicted molar refractivity (Wildman–Crippen MR) is 99.2 cm³/mol. The number of phenols is 2. The van der Waals surface area contributed by atoms with Gasteiger partial charge in [-0.1, -0.05) is 24.3 Å². The minimum atomic E-state index is -1.10. The van der Waals surface area contributed by atoms with Crippen molar-refractivity contribution in [1.29, 1.82) is 0 Å². The molecule has 1 amide bonds. The summed E-state index contributed by atoms with van der Waals surface area (Å²) in [6, 6.07) is 9.82. The zero-order chi connectivity index (χ0) is 21.1. The number of nitro benzene ring substituents is 1. The highest BCUT2D eigenvalue weighted by atomic mass is 19.1. The van der Waals surface area contributed by atoms with Gasteiger partial charge in [0.15, 0.2) is 6.61 Å². The number of halogens is 1. The van der Waals surface area contributed by atoms with E-state index in [0.29, 0.717) is 5.39 Å². The van der Waals surface area contributed by atoms with Gasteiger partial charge in [-0.3, -0.25) is 14.9 Å². The van der Waals surface area contributed by atoms with Crippen molar-refractivity contribution in [1.82, 2.24) is 0 Å². The summed E-state index contributed by atoms with van der Waals surface area (Å²) >= 11 is 0. The Hall–Kier alpha value is -4.21. The Bertz CT molecular complexity index is 1150. The number of benzene rings is 3. The molecule has 0 atom stereocenters. The van der Waals surface area contributed by atoms with Gasteiger partial charge in [-0.15, -0.1) is 0 Å². The molecule has 0 spiro atoms.